The van der Waals surface area contributed by atoms with Crippen molar-refractivity contribution in [2.75, 3.05) is 6.61 Å². The minimum atomic E-state index is -1.04. The van der Waals surface area contributed by atoms with E-state index in [1.807, 2.05) is 6.92 Å². The van der Waals surface area contributed by atoms with E-state index in [-0.39, 0.29) is 0 Å². The summed E-state index contributed by atoms with van der Waals surface area (Å²) in [5, 5.41) is 9.21. The monoisotopic (exact) mass is 172 g/mol. The molecule has 12 heavy (non-hydrogen) atoms. The maximum Gasteiger partial charge on any atom is 0.335 e. The fraction of sp³-hybridized carbons (Fsp3) is 0.667. The minimum absolute atomic E-state index is 0.300. The van der Waals surface area contributed by atoms with Crippen LogP contribution in [0.25, 0.3) is 0 Å². The van der Waals surface area contributed by atoms with Gasteiger partial charge in [0, 0.05) is 6.42 Å². The largest absolute Gasteiger partial charge is 0.464 e. The maximum atomic E-state index is 10.9. The number of aliphatic hydroxyl groups excluding tert-OH is 1. The van der Waals surface area contributed by atoms with E-state index in [0.717, 1.165) is 12.0 Å². The molecule has 0 aromatic heterocycles. The molecule has 0 fully saturated rings. The van der Waals surface area contributed by atoms with Crippen LogP contribution in [0.2, 0.25) is 0 Å². The molecule has 0 amide bonds. The van der Waals surface area contributed by atoms with Crippen LogP contribution < -0.4 is 0 Å². The predicted octanol–water partition coefficient (Wildman–Crippen LogP) is 1.27. The Morgan fingerprint density at radius 1 is 1.58 bits per heavy atom. The fourth-order valence-corrected chi connectivity index (χ4v) is 0.740. The Bertz CT molecular complexity index is 163. The molecule has 0 bridgehead atoms. The van der Waals surface area contributed by atoms with Crippen LogP contribution >= 0.6 is 0 Å². The highest BCUT2D eigenvalue weighted by atomic mass is 16.5. The second-order valence-electron chi connectivity index (χ2n) is 2.58. The fourth-order valence-electron chi connectivity index (χ4n) is 0.740. The highest BCUT2D eigenvalue weighted by Gasteiger charge is 2.15. The van der Waals surface area contributed by atoms with Gasteiger partial charge in [-0.2, -0.15) is 0 Å². The van der Waals surface area contributed by atoms with Crippen molar-refractivity contribution in [3.8, 4) is 0 Å². The van der Waals surface area contributed by atoms with Gasteiger partial charge < -0.3 is 9.84 Å². The normalized spacial score (nSPS) is 12.2. The van der Waals surface area contributed by atoms with Crippen molar-refractivity contribution in [3.63, 3.8) is 0 Å². The van der Waals surface area contributed by atoms with Gasteiger partial charge in [-0.05, 0) is 13.3 Å². The van der Waals surface area contributed by atoms with Crippen LogP contribution in [-0.2, 0) is 9.53 Å². The van der Waals surface area contributed by atoms with Gasteiger partial charge in [-0.3, -0.25) is 0 Å². The third-order valence-electron chi connectivity index (χ3n) is 1.54. The van der Waals surface area contributed by atoms with Gasteiger partial charge in [0.05, 0.1) is 6.61 Å². The molecule has 0 radical (unpaired) electrons. The standard InChI is InChI=1S/C9H16O3/c1-4-7(3)6-8(10)9(11)12-5-2/h8,10H,3-6H2,1-2H3. The number of hydrogen-bond acceptors (Lipinski definition) is 3. The number of rotatable bonds is 5. The molecule has 1 unspecified atom stereocenters. The second-order valence-corrected chi connectivity index (χ2v) is 2.58. The smallest absolute Gasteiger partial charge is 0.335 e. The summed E-state index contributed by atoms with van der Waals surface area (Å²) in [6, 6.07) is 0. The van der Waals surface area contributed by atoms with E-state index in [0.29, 0.717) is 13.0 Å². The number of carbonyl (C=O) groups is 1. The first-order valence-electron chi connectivity index (χ1n) is 4.13. The van der Waals surface area contributed by atoms with Gasteiger partial charge in [0.25, 0.3) is 0 Å². The number of esters is 1. The van der Waals surface area contributed by atoms with Gasteiger partial charge in [-0.1, -0.05) is 19.1 Å². The first-order chi connectivity index (χ1) is 5.61. The van der Waals surface area contributed by atoms with E-state index < -0.39 is 12.1 Å². The summed E-state index contributed by atoms with van der Waals surface area (Å²) in [4.78, 5) is 10.9. The van der Waals surface area contributed by atoms with Crippen molar-refractivity contribution in [3.05, 3.63) is 12.2 Å². The summed E-state index contributed by atoms with van der Waals surface area (Å²) >= 11 is 0. The quantitative estimate of drug-likeness (QED) is 0.501. The highest BCUT2D eigenvalue weighted by molar-refractivity contribution is 5.74. The van der Waals surface area contributed by atoms with Gasteiger partial charge in [-0.15, -0.1) is 0 Å². The first kappa shape index (κ1) is 11.2. The molecule has 70 valence electrons. The number of aliphatic hydroxyl groups is 1. The van der Waals surface area contributed by atoms with Gasteiger partial charge in [0.15, 0.2) is 6.10 Å². The molecular weight excluding hydrogens is 156 g/mol. The molecule has 3 nitrogen and oxygen atoms in total. The molecular formula is C9H16O3. The van der Waals surface area contributed by atoms with Crippen LogP contribution in [0.4, 0.5) is 0 Å². The molecule has 0 rings (SSSR count). The SMILES string of the molecule is C=C(CC)CC(O)C(=O)OCC. The summed E-state index contributed by atoms with van der Waals surface area (Å²) in [6.07, 6.45) is 0.0311. The zero-order chi connectivity index (χ0) is 9.56. The summed E-state index contributed by atoms with van der Waals surface area (Å²) in [7, 11) is 0. The molecule has 0 aliphatic heterocycles. The van der Waals surface area contributed by atoms with Crippen molar-refractivity contribution >= 4 is 5.97 Å². The Hall–Kier alpha value is -0.830. The summed E-state index contributed by atoms with van der Waals surface area (Å²) in [5.74, 6) is -0.563. The van der Waals surface area contributed by atoms with Crippen molar-refractivity contribution in [1.82, 2.24) is 0 Å². The number of hydrogen-bond donors (Lipinski definition) is 1. The number of carbonyl (C=O) groups excluding carboxylic acids is 1. The Morgan fingerprint density at radius 2 is 2.17 bits per heavy atom. The summed E-state index contributed by atoms with van der Waals surface area (Å²) < 4.78 is 4.62. The topological polar surface area (TPSA) is 46.5 Å². The van der Waals surface area contributed by atoms with Crippen molar-refractivity contribution in [2.45, 2.75) is 32.8 Å². The molecule has 0 aliphatic carbocycles. The molecule has 3 heteroatoms. The molecule has 0 aliphatic rings. The molecule has 0 saturated carbocycles. The lowest BCUT2D eigenvalue weighted by Crippen LogP contribution is -2.23. The molecule has 0 aromatic carbocycles. The van der Waals surface area contributed by atoms with Gasteiger partial charge in [0.2, 0.25) is 0 Å². The lowest BCUT2D eigenvalue weighted by Gasteiger charge is -2.09. The zero-order valence-electron chi connectivity index (χ0n) is 7.67. The van der Waals surface area contributed by atoms with Crippen LogP contribution in [0.3, 0.4) is 0 Å². The molecule has 0 aromatic rings. The van der Waals surface area contributed by atoms with E-state index >= 15 is 0 Å². The Labute approximate surface area is 73.0 Å². The van der Waals surface area contributed by atoms with Crippen LogP contribution in [0, 0.1) is 0 Å². The third kappa shape index (κ3) is 4.13. The van der Waals surface area contributed by atoms with E-state index in [2.05, 4.69) is 11.3 Å². The van der Waals surface area contributed by atoms with Gasteiger partial charge in [-0.25, -0.2) is 4.79 Å². The molecule has 0 spiro atoms. The number of ether oxygens (including phenoxy) is 1. The Balaban J connectivity index is 3.78. The molecule has 0 saturated heterocycles. The van der Waals surface area contributed by atoms with Gasteiger partial charge in [0.1, 0.15) is 0 Å². The molecule has 0 heterocycles. The van der Waals surface area contributed by atoms with Gasteiger partial charge >= 0.3 is 5.97 Å². The van der Waals surface area contributed by atoms with E-state index in [9.17, 15) is 9.90 Å². The average molecular weight is 172 g/mol. The maximum absolute atomic E-state index is 10.9. The van der Waals surface area contributed by atoms with Crippen LogP contribution in [0.15, 0.2) is 12.2 Å². The predicted molar refractivity (Wildman–Crippen MR) is 46.7 cm³/mol. The third-order valence-corrected chi connectivity index (χ3v) is 1.54. The first-order valence-corrected chi connectivity index (χ1v) is 4.13. The van der Waals surface area contributed by atoms with E-state index in [4.69, 9.17) is 0 Å². The van der Waals surface area contributed by atoms with Crippen molar-refractivity contribution in [2.24, 2.45) is 0 Å². The summed E-state index contributed by atoms with van der Waals surface area (Å²) in [6.45, 7) is 7.63. The second kappa shape index (κ2) is 5.77. The zero-order valence-corrected chi connectivity index (χ0v) is 7.67. The Morgan fingerprint density at radius 3 is 2.58 bits per heavy atom. The van der Waals surface area contributed by atoms with Crippen molar-refractivity contribution < 1.29 is 14.6 Å². The Kier molecular flexibility index (Phi) is 5.37. The molecule has 1 N–H and O–H groups in total. The van der Waals surface area contributed by atoms with Crippen molar-refractivity contribution in [1.29, 1.82) is 0 Å². The van der Waals surface area contributed by atoms with E-state index in [1.165, 1.54) is 0 Å². The highest BCUT2D eigenvalue weighted by Crippen LogP contribution is 2.07. The average Bonchev–Trinajstić information content (AvgIpc) is 2.04. The lowest BCUT2D eigenvalue weighted by atomic mass is 10.1. The van der Waals surface area contributed by atoms with Crippen LogP contribution in [0.1, 0.15) is 26.7 Å². The molecule has 1 atom stereocenters. The summed E-state index contributed by atoms with van der Waals surface area (Å²) in [5.41, 5.74) is 0.857. The van der Waals surface area contributed by atoms with E-state index in [1.54, 1.807) is 6.92 Å². The van der Waals surface area contributed by atoms with Crippen LogP contribution in [0.5, 0.6) is 0 Å². The minimum Gasteiger partial charge on any atom is -0.464 e. The van der Waals surface area contributed by atoms with Crippen LogP contribution in [-0.4, -0.2) is 23.8 Å². The lowest BCUT2D eigenvalue weighted by molar-refractivity contribution is -0.152.